The van der Waals surface area contributed by atoms with Gasteiger partial charge in [-0.1, -0.05) is 0 Å². The van der Waals surface area contributed by atoms with Gasteiger partial charge in [-0.25, -0.2) is 18.6 Å². The van der Waals surface area contributed by atoms with Crippen LogP contribution < -0.4 is 20.7 Å². The number of pyridine rings is 1. The Kier molecular flexibility index (Phi) is 7.39. The van der Waals surface area contributed by atoms with Gasteiger partial charge >= 0.3 is 12.3 Å². The van der Waals surface area contributed by atoms with Gasteiger partial charge in [0, 0.05) is 31.3 Å². The highest BCUT2D eigenvalue weighted by molar-refractivity contribution is 6.04. The van der Waals surface area contributed by atoms with Crippen LogP contribution in [0.25, 0.3) is 11.1 Å². The smallest absolute Gasteiger partial charge is 0.422 e. The number of primary amides is 1. The van der Waals surface area contributed by atoms with Gasteiger partial charge in [-0.05, 0) is 50.3 Å². The first-order valence-corrected chi connectivity index (χ1v) is 12.0. The van der Waals surface area contributed by atoms with E-state index >= 15 is 0 Å². The van der Waals surface area contributed by atoms with Gasteiger partial charge < -0.3 is 25.4 Å². The normalized spacial score (nSPS) is 20.2. The van der Waals surface area contributed by atoms with Gasteiger partial charge in [0.1, 0.15) is 17.2 Å². The van der Waals surface area contributed by atoms with E-state index in [-0.39, 0.29) is 47.9 Å². The fourth-order valence-electron chi connectivity index (χ4n) is 4.65. The molecule has 206 valence electrons. The van der Waals surface area contributed by atoms with Crippen LogP contribution in [0.3, 0.4) is 0 Å². The van der Waals surface area contributed by atoms with Crippen LogP contribution in [0.15, 0.2) is 24.4 Å². The van der Waals surface area contributed by atoms with E-state index in [9.17, 15) is 31.5 Å². The average Bonchev–Trinajstić information content (AvgIpc) is 3.58. The minimum atomic E-state index is -4.73. The van der Waals surface area contributed by atoms with Gasteiger partial charge in [0.2, 0.25) is 5.88 Å². The van der Waals surface area contributed by atoms with Crippen molar-refractivity contribution in [2.75, 3.05) is 24.6 Å². The van der Waals surface area contributed by atoms with Crippen LogP contribution in [0, 0.1) is 17.6 Å². The Balaban J connectivity index is 1.88. The molecular formula is C25H27F5N4O4. The van der Waals surface area contributed by atoms with E-state index in [1.54, 1.807) is 11.8 Å². The second-order valence-electron chi connectivity index (χ2n) is 9.90. The highest BCUT2D eigenvalue weighted by atomic mass is 19.4. The Morgan fingerprint density at radius 1 is 1.24 bits per heavy atom. The lowest BCUT2D eigenvalue weighted by atomic mass is 9.99. The molecule has 2 aliphatic rings. The van der Waals surface area contributed by atoms with Crippen molar-refractivity contribution in [3.05, 3.63) is 41.6 Å². The maximum absolute atomic E-state index is 14.3. The third kappa shape index (κ3) is 6.43. The van der Waals surface area contributed by atoms with Crippen LogP contribution >= 0.6 is 0 Å². The number of nitrogens with one attached hydrogen (secondary N) is 1. The van der Waals surface area contributed by atoms with Crippen LogP contribution in [-0.4, -0.2) is 54.5 Å². The number of halogens is 5. The molecule has 8 nitrogen and oxygen atoms in total. The van der Waals surface area contributed by atoms with Crippen LogP contribution in [0.5, 0.6) is 5.88 Å². The quantitative estimate of drug-likeness (QED) is 0.474. The number of hydrogen-bond acceptors (Lipinski definition) is 6. The zero-order valence-corrected chi connectivity index (χ0v) is 20.7. The summed E-state index contributed by atoms with van der Waals surface area (Å²) in [6, 6.07) is 2.24. The standard InChI is InChI=1S/C25H27F5N4O4/c1-13(14-3-4-14)33-21(35)18-10-32-22(37-12-25(28,29)30)19(15-7-16(26)9-17(27)8-15)20(18)34-6-5-24(2,11-34)38-23(31)36/h7-10,13-14H,3-6,11-12H2,1-2H3,(H2,31,36)(H,33,35)/t13-,24?/m0/s1. The van der Waals surface area contributed by atoms with E-state index in [2.05, 4.69) is 10.3 Å². The molecule has 3 N–H and O–H groups in total. The maximum atomic E-state index is 14.3. The summed E-state index contributed by atoms with van der Waals surface area (Å²) in [6.45, 7) is 1.88. The summed E-state index contributed by atoms with van der Waals surface area (Å²) in [7, 11) is 0. The molecule has 2 amide bonds. The van der Waals surface area contributed by atoms with Crippen LogP contribution in [0.4, 0.5) is 32.4 Å². The Hall–Kier alpha value is -3.64. The van der Waals surface area contributed by atoms with Gasteiger partial charge in [-0.2, -0.15) is 13.2 Å². The Bertz CT molecular complexity index is 1220. The third-order valence-electron chi connectivity index (χ3n) is 6.57. The number of anilines is 1. The Morgan fingerprint density at radius 2 is 1.89 bits per heavy atom. The summed E-state index contributed by atoms with van der Waals surface area (Å²) in [5.74, 6) is -2.84. The van der Waals surface area contributed by atoms with E-state index in [0.717, 1.165) is 31.2 Å². The van der Waals surface area contributed by atoms with Gasteiger partial charge in [-0.3, -0.25) is 4.79 Å². The van der Waals surface area contributed by atoms with E-state index in [0.29, 0.717) is 12.0 Å². The monoisotopic (exact) mass is 542 g/mol. The third-order valence-corrected chi connectivity index (χ3v) is 6.57. The number of carbonyl (C=O) groups excluding carboxylic acids is 2. The van der Waals surface area contributed by atoms with Crippen molar-refractivity contribution in [1.82, 2.24) is 10.3 Å². The lowest BCUT2D eigenvalue weighted by molar-refractivity contribution is -0.154. The first kappa shape index (κ1) is 27.4. The number of nitrogens with zero attached hydrogens (tertiary/aromatic N) is 2. The van der Waals surface area contributed by atoms with Crippen molar-refractivity contribution in [2.24, 2.45) is 11.7 Å². The molecule has 2 heterocycles. The van der Waals surface area contributed by atoms with Gasteiger partial charge in [-0.15, -0.1) is 0 Å². The molecule has 1 aliphatic heterocycles. The van der Waals surface area contributed by atoms with Crippen LogP contribution in [-0.2, 0) is 4.74 Å². The zero-order chi connectivity index (χ0) is 27.8. The first-order valence-electron chi connectivity index (χ1n) is 12.0. The van der Waals surface area contributed by atoms with E-state index in [1.807, 2.05) is 6.92 Å². The lowest BCUT2D eigenvalue weighted by Gasteiger charge is -2.29. The summed E-state index contributed by atoms with van der Waals surface area (Å²) < 4.78 is 77.9. The maximum Gasteiger partial charge on any atom is 0.422 e. The van der Waals surface area contributed by atoms with Crippen molar-refractivity contribution in [3.8, 4) is 17.0 Å². The number of aromatic nitrogens is 1. The summed E-state index contributed by atoms with van der Waals surface area (Å²) >= 11 is 0. The number of nitrogens with two attached hydrogens (primary N) is 1. The molecule has 1 saturated heterocycles. The Labute approximate surface area is 215 Å². The molecule has 1 unspecified atom stereocenters. The SMILES string of the molecule is C[C@H](NC(=O)c1cnc(OCC(F)(F)F)c(-c2cc(F)cc(F)c2)c1N1CCC(C)(OC(N)=O)C1)C1CC1. The molecule has 4 rings (SSSR count). The molecule has 0 spiro atoms. The topological polar surface area (TPSA) is 107 Å². The predicted octanol–water partition coefficient (Wildman–Crippen LogP) is 4.56. The number of rotatable bonds is 8. The molecule has 2 aromatic rings. The minimum absolute atomic E-state index is 0.0120. The summed E-state index contributed by atoms with van der Waals surface area (Å²) in [5, 5.41) is 2.87. The largest absolute Gasteiger partial charge is 0.468 e. The fraction of sp³-hybridized carbons (Fsp3) is 0.480. The van der Waals surface area contributed by atoms with Crippen molar-refractivity contribution < 1.29 is 41.0 Å². The molecule has 1 aromatic carbocycles. The average molecular weight is 543 g/mol. The number of carbonyl (C=O) groups is 2. The molecule has 1 aromatic heterocycles. The molecule has 0 bridgehead atoms. The van der Waals surface area contributed by atoms with Gasteiger partial charge in [0.15, 0.2) is 6.61 Å². The van der Waals surface area contributed by atoms with Gasteiger partial charge in [0.05, 0.1) is 23.4 Å². The molecule has 1 aliphatic carbocycles. The number of hydrogen-bond donors (Lipinski definition) is 2. The Morgan fingerprint density at radius 3 is 2.47 bits per heavy atom. The number of ether oxygens (including phenoxy) is 2. The first-order chi connectivity index (χ1) is 17.7. The molecule has 2 fully saturated rings. The summed E-state index contributed by atoms with van der Waals surface area (Å²) in [6.07, 6.45) is -2.54. The van der Waals surface area contributed by atoms with E-state index in [1.165, 1.54) is 0 Å². The molecule has 38 heavy (non-hydrogen) atoms. The summed E-state index contributed by atoms with van der Waals surface area (Å²) in [5.41, 5.74) is 3.72. The fourth-order valence-corrected chi connectivity index (χ4v) is 4.65. The van der Waals surface area contributed by atoms with Crippen molar-refractivity contribution >= 4 is 17.7 Å². The zero-order valence-electron chi connectivity index (χ0n) is 20.7. The number of benzene rings is 1. The second kappa shape index (κ2) is 10.3. The van der Waals surface area contributed by atoms with E-state index < -0.39 is 47.9 Å². The van der Waals surface area contributed by atoms with Crippen molar-refractivity contribution in [1.29, 1.82) is 0 Å². The van der Waals surface area contributed by atoms with Crippen LogP contribution in [0.2, 0.25) is 0 Å². The molecule has 1 saturated carbocycles. The molecule has 0 radical (unpaired) electrons. The number of alkyl halides is 3. The molecule has 13 heteroatoms. The van der Waals surface area contributed by atoms with Gasteiger partial charge in [0.25, 0.3) is 5.91 Å². The summed E-state index contributed by atoms with van der Waals surface area (Å²) in [4.78, 5) is 30.4. The van der Waals surface area contributed by atoms with Crippen molar-refractivity contribution in [3.63, 3.8) is 0 Å². The predicted molar refractivity (Wildman–Crippen MR) is 127 cm³/mol. The highest BCUT2D eigenvalue weighted by Crippen LogP contribution is 2.44. The van der Waals surface area contributed by atoms with Crippen molar-refractivity contribution in [2.45, 2.75) is 50.9 Å². The number of amides is 2. The lowest BCUT2D eigenvalue weighted by Crippen LogP contribution is -2.39. The highest BCUT2D eigenvalue weighted by Gasteiger charge is 2.41. The minimum Gasteiger partial charge on any atom is -0.468 e. The van der Waals surface area contributed by atoms with Crippen LogP contribution in [0.1, 0.15) is 43.5 Å². The second-order valence-corrected chi connectivity index (χ2v) is 9.90. The molecular weight excluding hydrogens is 515 g/mol. The molecule has 2 atom stereocenters. The van der Waals surface area contributed by atoms with E-state index in [4.69, 9.17) is 15.2 Å².